The summed E-state index contributed by atoms with van der Waals surface area (Å²) in [5.74, 6) is -3.38. The molecule has 0 spiro atoms. The summed E-state index contributed by atoms with van der Waals surface area (Å²) >= 11 is 11.4. The molecule has 0 aromatic heterocycles. The summed E-state index contributed by atoms with van der Waals surface area (Å²) in [6.45, 7) is 1.60. The Bertz CT molecular complexity index is 720. The lowest BCUT2D eigenvalue weighted by Crippen LogP contribution is -2.15. The number of halogens is 4. The minimum absolute atomic E-state index is 0.188. The smallest absolute Gasteiger partial charge is 0.258 e. The lowest BCUT2D eigenvalue weighted by atomic mass is 9.98. The van der Waals surface area contributed by atoms with Crippen molar-refractivity contribution < 1.29 is 13.7 Å². The highest BCUT2D eigenvalue weighted by atomic mass is 35.5. The molecule has 0 atom stereocenters. The van der Waals surface area contributed by atoms with Crippen LogP contribution in [-0.4, -0.2) is 4.92 Å². The quantitative estimate of drug-likeness (QED) is 0.562. The van der Waals surface area contributed by atoms with Gasteiger partial charge in [-0.3, -0.25) is 10.1 Å². The van der Waals surface area contributed by atoms with Gasteiger partial charge in [-0.1, -0.05) is 35.3 Å². The van der Waals surface area contributed by atoms with Gasteiger partial charge in [0, 0.05) is 22.2 Å². The highest BCUT2D eigenvalue weighted by Crippen LogP contribution is 2.39. The minimum atomic E-state index is -3.38. The van der Waals surface area contributed by atoms with Crippen LogP contribution < -0.4 is 0 Å². The van der Waals surface area contributed by atoms with E-state index < -0.39 is 22.1 Å². The van der Waals surface area contributed by atoms with Gasteiger partial charge in [-0.05, 0) is 30.7 Å². The van der Waals surface area contributed by atoms with Crippen LogP contribution in [0.4, 0.5) is 14.5 Å². The summed E-state index contributed by atoms with van der Waals surface area (Å²) < 4.78 is 28.9. The molecule has 0 radical (unpaired) electrons. The Kier molecular flexibility index (Phi) is 4.16. The van der Waals surface area contributed by atoms with Crippen molar-refractivity contribution in [2.24, 2.45) is 0 Å². The summed E-state index contributed by atoms with van der Waals surface area (Å²) in [6, 6.07) is 6.75. The van der Waals surface area contributed by atoms with Gasteiger partial charge < -0.3 is 0 Å². The molecular formula is C14H9Cl2F2NO2. The molecule has 0 N–H and O–H groups in total. The number of hydrogen-bond acceptors (Lipinski definition) is 2. The first-order valence-corrected chi connectivity index (χ1v) is 6.58. The van der Waals surface area contributed by atoms with Crippen molar-refractivity contribution in [3.8, 4) is 0 Å². The second-order valence-corrected chi connectivity index (χ2v) is 5.28. The molecule has 21 heavy (non-hydrogen) atoms. The Balaban J connectivity index is 2.55. The summed E-state index contributed by atoms with van der Waals surface area (Å²) in [7, 11) is 0. The van der Waals surface area contributed by atoms with E-state index in [1.54, 1.807) is 6.92 Å². The Labute approximate surface area is 129 Å². The van der Waals surface area contributed by atoms with Gasteiger partial charge in [0.15, 0.2) is 0 Å². The fourth-order valence-electron chi connectivity index (χ4n) is 1.85. The van der Waals surface area contributed by atoms with Crippen LogP contribution in [0.3, 0.4) is 0 Å². The van der Waals surface area contributed by atoms with Gasteiger partial charge in [-0.2, -0.15) is 8.78 Å². The molecule has 0 bridgehead atoms. The number of rotatable bonds is 3. The Morgan fingerprint density at radius 3 is 2.10 bits per heavy atom. The van der Waals surface area contributed by atoms with E-state index in [1.165, 1.54) is 18.2 Å². The monoisotopic (exact) mass is 331 g/mol. The highest BCUT2D eigenvalue weighted by Gasteiger charge is 2.36. The number of hydrogen-bond donors (Lipinski definition) is 0. The van der Waals surface area contributed by atoms with Crippen LogP contribution >= 0.6 is 23.2 Å². The first kappa shape index (κ1) is 15.7. The molecule has 0 amide bonds. The van der Waals surface area contributed by atoms with Crippen LogP contribution in [0.15, 0.2) is 36.4 Å². The minimum Gasteiger partial charge on any atom is -0.258 e. The van der Waals surface area contributed by atoms with Crippen molar-refractivity contribution in [1.82, 2.24) is 0 Å². The third-order valence-electron chi connectivity index (χ3n) is 3.03. The van der Waals surface area contributed by atoms with Gasteiger partial charge in [-0.25, -0.2) is 0 Å². The number of nitrogens with zero attached hydrogens (tertiary/aromatic N) is 1. The molecule has 0 unspecified atom stereocenters. The predicted octanol–water partition coefficient (Wildman–Crippen LogP) is 5.35. The molecule has 2 aromatic rings. The van der Waals surface area contributed by atoms with Crippen molar-refractivity contribution in [3.05, 3.63) is 73.2 Å². The second-order valence-electron chi connectivity index (χ2n) is 4.46. The zero-order chi connectivity index (χ0) is 15.8. The molecule has 110 valence electrons. The van der Waals surface area contributed by atoms with E-state index in [0.717, 1.165) is 18.2 Å². The van der Waals surface area contributed by atoms with E-state index in [0.29, 0.717) is 10.6 Å². The summed E-state index contributed by atoms with van der Waals surface area (Å²) in [4.78, 5) is 10.00. The fourth-order valence-corrected chi connectivity index (χ4v) is 2.16. The molecular weight excluding hydrogens is 323 g/mol. The van der Waals surface area contributed by atoms with E-state index in [2.05, 4.69) is 0 Å². The zero-order valence-electron chi connectivity index (χ0n) is 10.7. The van der Waals surface area contributed by atoms with E-state index in [9.17, 15) is 18.9 Å². The highest BCUT2D eigenvalue weighted by molar-refractivity contribution is 6.32. The van der Waals surface area contributed by atoms with Crippen molar-refractivity contribution in [1.29, 1.82) is 0 Å². The predicted molar refractivity (Wildman–Crippen MR) is 77.3 cm³/mol. The Hall–Kier alpha value is -1.72. The van der Waals surface area contributed by atoms with Crippen molar-refractivity contribution in [3.63, 3.8) is 0 Å². The molecule has 0 aliphatic rings. The molecule has 0 aliphatic heterocycles. The maximum absolute atomic E-state index is 14.5. The maximum atomic E-state index is 14.5. The van der Waals surface area contributed by atoms with Crippen LogP contribution in [-0.2, 0) is 5.92 Å². The fraction of sp³-hybridized carbons (Fsp3) is 0.143. The first-order chi connectivity index (χ1) is 9.73. The SMILES string of the molecule is Cc1cc(C(F)(F)c2ccc(Cl)c([N+](=O)[O-])c2)ccc1Cl. The summed E-state index contributed by atoms with van der Waals surface area (Å²) in [5, 5.41) is 11.0. The molecule has 0 aliphatic carbocycles. The number of nitro groups is 1. The Morgan fingerprint density at radius 1 is 1.05 bits per heavy atom. The van der Waals surface area contributed by atoms with Gasteiger partial charge in [0.1, 0.15) is 5.02 Å². The van der Waals surface area contributed by atoms with Crippen molar-refractivity contribution in [2.45, 2.75) is 12.8 Å². The van der Waals surface area contributed by atoms with Gasteiger partial charge in [0.05, 0.1) is 4.92 Å². The molecule has 0 saturated carbocycles. The lowest BCUT2D eigenvalue weighted by molar-refractivity contribution is -0.384. The van der Waals surface area contributed by atoms with Crippen LogP contribution in [0, 0.1) is 17.0 Å². The molecule has 2 rings (SSSR count). The average molecular weight is 332 g/mol. The zero-order valence-corrected chi connectivity index (χ0v) is 12.3. The second kappa shape index (κ2) is 5.58. The molecule has 0 saturated heterocycles. The standard InChI is InChI=1S/C14H9Cl2F2NO2/c1-8-6-9(2-4-11(8)15)14(17,18)10-3-5-12(16)13(7-10)19(20)21/h2-7H,1H3. The molecule has 0 fully saturated rings. The number of aryl methyl sites for hydroxylation is 1. The molecule has 7 heteroatoms. The van der Waals surface area contributed by atoms with E-state index >= 15 is 0 Å². The molecule has 3 nitrogen and oxygen atoms in total. The van der Waals surface area contributed by atoms with Crippen LogP contribution in [0.25, 0.3) is 0 Å². The third-order valence-corrected chi connectivity index (χ3v) is 3.77. The number of nitro benzene ring substituents is 1. The lowest BCUT2D eigenvalue weighted by Gasteiger charge is -2.18. The van der Waals surface area contributed by atoms with Gasteiger partial charge in [0.25, 0.3) is 11.6 Å². The van der Waals surface area contributed by atoms with Gasteiger partial charge in [-0.15, -0.1) is 0 Å². The van der Waals surface area contributed by atoms with Gasteiger partial charge >= 0.3 is 0 Å². The Morgan fingerprint density at radius 2 is 1.57 bits per heavy atom. The van der Waals surface area contributed by atoms with E-state index in [1.807, 2.05) is 0 Å². The van der Waals surface area contributed by atoms with Crippen LogP contribution in [0.1, 0.15) is 16.7 Å². The number of benzene rings is 2. The summed E-state index contributed by atoms with van der Waals surface area (Å²) in [6.07, 6.45) is 0. The van der Waals surface area contributed by atoms with E-state index in [4.69, 9.17) is 23.2 Å². The number of alkyl halides is 2. The normalized spacial score (nSPS) is 11.5. The molecule has 0 heterocycles. The third kappa shape index (κ3) is 2.99. The summed E-state index contributed by atoms with van der Waals surface area (Å²) in [5.41, 5.74) is -0.849. The molecule has 2 aromatic carbocycles. The largest absolute Gasteiger partial charge is 0.298 e. The maximum Gasteiger partial charge on any atom is 0.298 e. The van der Waals surface area contributed by atoms with E-state index in [-0.39, 0.29) is 10.6 Å². The first-order valence-electron chi connectivity index (χ1n) is 5.82. The van der Waals surface area contributed by atoms with Crippen LogP contribution in [0.2, 0.25) is 10.0 Å². The van der Waals surface area contributed by atoms with Gasteiger partial charge in [0.2, 0.25) is 0 Å². The van der Waals surface area contributed by atoms with Crippen molar-refractivity contribution >= 4 is 28.9 Å². The van der Waals surface area contributed by atoms with Crippen molar-refractivity contribution in [2.75, 3.05) is 0 Å². The average Bonchev–Trinajstić information content (AvgIpc) is 2.41. The topological polar surface area (TPSA) is 43.1 Å². The van der Waals surface area contributed by atoms with Crippen LogP contribution in [0.5, 0.6) is 0 Å².